The van der Waals surface area contributed by atoms with E-state index in [1.165, 1.54) is 32.9 Å². The molecule has 1 N–H and O–H groups in total. The zero-order valence-electron chi connectivity index (χ0n) is 11.0. The molecule has 96 valence electrons. The van der Waals surface area contributed by atoms with Crippen LogP contribution in [-0.2, 0) is 0 Å². The molecule has 0 amide bonds. The van der Waals surface area contributed by atoms with E-state index in [2.05, 4.69) is 70.1 Å². The summed E-state index contributed by atoms with van der Waals surface area (Å²) in [6.07, 6.45) is 2.41. The molecule has 0 saturated heterocycles. The molecule has 0 aromatic heterocycles. The summed E-state index contributed by atoms with van der Waals surface area (Å²) in [6.45, 7) is 6.65. The van der Waals surface area contributed by atoms with E-state index in [9.17, 15) is 0 Å². The van der Waals surface area contributed by atoms with Crippen LogP contribution in [-0.4, -0.2) is 7.05 Å². The second-order valence-electron chi connectivity index (χ2n) is 4.94. The highest BCUT2D eigenvalue weighted by Crippen LogP contribution is 2.32. The Balaban J connectivity index is 2.91. The van der Waals surface area contributed by atoms with Gasteiger partial charge in [-0.05, 0) is 56.0 Å². The maximum Gasteiger partial charge on any atom is 0.0329 e. The topological polar surface area (TPSA) is 12.0 Å². The molecule has 1 aromatic carbocycles. The summed E-state index contributed by atoms with van der Waals surface area (Å²) in [4.78, 5) is 0. The van der Waals surface area contributed by atoms with Gasteiger partial charge in [-0.1, -0.05) is 45.7 Å². The Labute approximate surface area is 122 Å². The zero-order valence-corrected chi connectivity index (χ0v) is 14.2. The van der Waals surface area contributed by atoms with Crippen LogP contribution < -0.4 is 5.32 Å². The Morgan fingerprint density at radius 3 is 2.29 bits per heavy atom. The van der Waals surface area contributed by atoms with Gasteiger partial charge in [-0.2, -0.15) is 0 Å². The van der Waals surface area contributed by atoms with Gasteiger partial charge in [0.2, 0.25) is 0 Å². The Hall–Kier alpha value is 0.140. The van der Waals surface area contributed by atoms with Crippen LogP contribution in [0, 0.1) is 12.8 Å². The van der Waals surface area contributed by atoms with Crippen LogP contribution in [0.25, 0.3) is 0 Å². The molecule has 0 aliphatic carbocycles. The third-order valence-corrected chi connectivity index (χ3v) is 4.58. The van der Waals surface area contributed by atoms with Crippen molar-refractivity contribution >= 4 is 31.9 Å². The Bertz CT molecular complexity index is 375. The molecule has 0 fully saturated rings. The van der Waals surface area contributed by atoms with E-state index in [1.54, 1.807) is 0 Å². The van der Waals surface area contributed by atoms with Crippen LogP contribution in [0.5, 0.6) is 0 Å². The molecule has 1 unspecified atom stereocenters. The number of aryl methyl sites for hydroxylation is 1. The number of hydrogen-bond donors (Lipinski definition) is 1. The van der Waals surface area contributed by atoms with E-state index in [1.807, 2.05) is 7.05 Å². The number of benzene rings is 1. The molecule has 0 heterocycles. The predicted octanol–water partition coefficient (Wildman–Crippen LogP) is 5.22. The van der Waals surface area contributed by atoms with Gasteiger partial charge in [0.15, 0.2) is 0 Å². The van der Waals surface area contributed by atoms with Gasteiger partial charge in [0.25, 0.3) is 0 Å². The second kappa shape index (κ2) is 6.91. The lowest BCUT2D eigenvalue weighted by Crippen LogP contribution is -2.17. The first-order valence-corrected chi connectivity index (χ1v) is 7.67. The third-order valence-electron chi connectivity index (χ3n) is 3.03. The third kappa shape index (κ3) is 4.38. The van der Waals surface area contributed by atoms with Crippen LogP contribution in [0.1, 0.15) is 43.9 Å². The van der Waals surface area contributed by atoms with E-state index < -0.39 is 0 Å². The van der Waals surface area contributed by atoms with Crippen LogP contribution in [0.4, 0.5) is 0 Å². The summed E-state index contributed by atoms with van der Waals surface area (Å²) in [6, 6.07) is 4.82. The summed E-state index contributed by atoms with van der Waals surface area (Å²) in [5.74, 6) is 0.749. The van der Waals surface area contributed by atoms with E-state index >= 15 is 0 Å². The van der Waals surface area contributed by atoms with Crippen LogP contribution in [0.2, 0.25) is 0 Å². The van der Waals surface area contributed by atoms with Crippen molar-refractivity contribution < 1.29 is 0 Å². The SMILES string of the molecule is CNC(CCC(C)C)c1cc(Br)c(C)cc1Br. The van der Waals surface area contributed by atoms with Gasteiger partial charge in [-0.3, -0.25) is 0 Å². The highest BCUT2D eigenvalue weighted by molar-refractivity contribution is 9.11. The van der Waals surface area contributed by atoms with Gasteiger partial charge in [0.05, 0.1) is 0 Å². The van der Waals surface area contributed by atoms with Crippen molar-refractivity contribution in [2.24, 2.45) is 5.92 Å². The minimum atomic E-state index is 0.420. The average molecular weight is 363 g/mol. The van der Waals surface area contributed by atoms with Gasteiger partial charge in [-0.25, -0.2) is 0 Å². The fourth-order valence-electron chi connectivity index (χ4n) is 1.88. The number of halogens is 2. The molecule has 0 radical (unpaired) electrons. The first-order valence-electron chi connectivity index (χ1n) is 6.08. The second-order valence-corrected chi connectivity index (χ2v) is 6.64. The van der Waals surface area contributed by atoms with Crippen LogP contribution >= 0.6 is 31.9 Å². The minimum Gasteiger partial charge on any atom is -0.313 e. The summed E-state index contributed by atoms with van der Waals surface area (Å²) in [5.41, 5.74) is 2.60. The number of rotatable bonds is 5. The molecular formula is C14H21Br2N. The largest absolute Gasteiger partial charge is 0.313 e. The summed E-state index contributed by atoms with van der Waals surface area (Å²) < 4.78 is 2.38. The number of nitrogens with one attached hydrogen (secondary N) is 1. The highest BCUT2D eigenvalue weighted by atomic mass is 79.9. The van der Waals surface area contributed by atoms with Gasteiger partial charge < -0.3 is 5.32 Å². The van der Waals surface area contributed by atoms with Gasteiger partial charge in [0.1, 0.15) is 0 Å². The molecule has 3 heteroatoms. The fourth-order valence-corrected chi connectivity index (χ4v) is 2.98. The molecule has 0 spiro atoms. The molecule has 1 aromatic rings. The van der Waals surface area contributed by atoms with E-state index in [0.29, 0.717) is 6.04 Å². The van der Waals surface area contributed by atoms with Gasteiger partial charge in [0, 0.05) is 15.0 Å². The first-order chi connectivity index (χ1) is 7.95. The first kappa shape index (κ1) is 15.2. The average Bonchev–Trinajstić information content (AvgIpc) is 2.25. The maximum atomic E-state index is 3.67. The van der Waals surface area contributed by atoms with Crippen molar-refractivity contribution in [2.45, 2.75) is 39.7 Å². The standard InChI is InChI=1S/C14H21Br2N/c1-9(2)5-6-14(17-4)11-8-12(15)10(3)7-13(11)16/h7-9,14,17H,5-6H2,1-4H3. The van der Waals surface area contributed by atoms with Crippen molar-refractivity contribution in [1.29, 1.82) is 0 Å². The lowest BCUT2D eigenvalue weighted by molar-refractivity contribution is 0.464. The Morgan fingerprint density at radius 1 is 1.12 bits per heavy atom. The molecule has 1 rings (SSSR count). The summed E-state index contributed by atoms with van der Waals surface area (Å²) in [7, 11) is 2.03. The van der Waals surface area contributed by atoms with Crippen LogP contribution in [0.15, 0.2) is 21.1 Å². The zero-order chi connectivity index (χ0) is 13.0. The number of hydrogen-bond acceptors (Lipinski definition) is 1. The maximum absolute atomic E-state index is 3.67. The minimum absolute atomic E-state index is 0.420. The Morgan fingerprint density at radius 2 is 1.76 bits per heavy atom. The van der Waals surface area contributed by atoms with Crippen molar-refractivity contribution in [3.05, 3.63) is 32.2 Å². The molecular weight excluding hydrogens is 342 g/mol. The molecule has 0 saturated carbocycles. The normalized spacial score (nSPS) is 13.1. The molecule has 0 aliphatic rings. The van der Waals surface area contributed by atoms with Crippen molar-refractivity contribution in [3.8, 4) is 0 Å². The van der Waals surface area contributed by atoms with Crippen molar-refractivity contribution in [1.82, 2.24) is 5.32 Å². The lowest BCUT2D eigenvalue weighted by atomic mass is 9.97. The van der Waals surface area contributed by atoms with Crippen LogP contribution in [0.3, 0.4) is 0 Å². The monoisotopic (exact) mass is 361 g/mol. The lowest BCUT2D eigenvalue weighted by Gasteiger charge is -2.20. The molecule has 1 nitrogen and oxygen atoms in total. The predicted molar refractivity (Wildman–Crippen MR) is 82.5 cm³/mol. The van der Waals surface area contributed by atoms with Gasteiger partial charge >= 0.3 is 0 Å². The quantitative estimate of drug-likeness (QED) is 0.757. The van der Waals surface area contributed by atoms with Crippen molar-refractivity contribution in [2.75, 3.05) is 7.05 Å². The van der Waals surface area contributed by atoms with Crippen molar-refractivity contribution in [3.63, 3.8) is 0 Å². The summed E-state index contributed by atoms with van der Waals surface area (Å²) >= 11 is 7.28. The van der Waals surface area contributed by atoms with E-state index in [0.717, 1.165) is 5.92 Å². The summed E-state index contributed by atoms with van der Waals surface area (Å²) in [5, 5.41) is 3.41. The molecule has 0 aliphatic heterocycles. The Kier molecular flexibility index (Phi) is 6.18. The smallest absolute Gasteiger partial charge is 0.0329 e. The van der Waals surface area contributed by atoms with E-state index in [4.69, 9.17) is 0 Å². The van der Waals surface area contributed by atoms with Gasteiger partial charge in [-0.15, -0.1) is 0 Å². The highest BCUT2D eigenvalue weighted by Gasteiger charge is 2.14. The molecule has 0 bridgehead atoms. The van der Waals surface area contributed by atoms with E-state index in [-0.39, 0.29) is 0 Å². The fraction of sp³-hybridized carbons (Fsp3) is 0.571. The molecule has 17 heavy (non-hydrogen) atoms. The molecule has 1 atom stereocenters.